The highest BCUT2D eigenvalue weighted by molar-refractivity contribution is 7.99. The monoisotopic (exact) mass is 396 g/mol. The van der Waals surface area contributed by atoms with E-state index in [9.17, 15) is 19.2 Å². The maximum atomic E-state index is 12.7. The number of nitrogens with one attached hydrogen (secondary N) is 3. The van der Waals surface area contributed by atoms with Crippen LogP contribution in [0.5, 0.6) is 0 Å². The summed E-state index contributed by atoms with van der Waals surface area (Å²) in [5, 5.41) is 10.2. The summed E-state index contributed by atoms with van der Waals surface area (Å²) in [6, 6.07) is -0.601. The second-order valence-electron chi connectivity index (χ2n) is 7.12. The predicted octanol–water partition coefficient (Wildman–Crippen LogP) is 0.605. The summed E-state index contributed by atoms with van der Waals surface area (Å²) in [6.45, 7) is 4.55. The van der Waals surface area contributed by atoms with Crippen LogP contribution in [0.4, 0.5) is 4.79 Å². The fraction of sp³-hybridized carbons (Fsp3) is 0.688. The van der Waals surface area contributed by atoms with Crippen molar-refractivity contribution in [2.24, 2.45) is 5.92 Å². The Bertz CT molecular complexity index is 795. The number of imide groups is 1. The maximum absolute atomic E-state index is 12.7. The number of urea groups is 1. The van der Waals surface area contributed by atoms with Gasteiger partial charge < -0.3 is 5.32 Å². The summed E-state index contributed by atoms with van der Waals surface area (Å²) in [5.74, 6) is -0.465. The fourth-order valence-electron chi connectivity index (χ4n) is 3.44. The number of H-pyrrole nitrogens is 1. The van der Waals surface area contributed by atoms with Crippen LogP contribution in [-0.4, -0.2) is 48.9 Å². The van der Waals surface area contributed by atoms with Gasteiger partial charge >= 0.3 is 11.7 Å². The second kappa shape index (κ2) is 7.75. The van der Waals surface area contributed by atoms with Gasteiger partial charge in [-0.05, 0) is 38.0 Å². The number of hydrogen-bond donors (Lipinski definition) is 3. The molecule has 1 aromatic heterocycles. The molecule has 1 spiro atoms. The first-order chi connectivity index (χ1) is 12.9. The third kappa shape index (κ3) is 3.87. The minimum absolute atomic E-state index is 0.0743. The minimum atomic E-state index is -0.895. The van der Waals surface area contributed by atoms with Crippen molar-refractivity contribution < 1.29 is 14.4 Å². The van der Waals surface area contributed by atoms with Crippen molar-refractivity contribution >= 4 is 29.6 Å². The first-order valence-electron chi connectivity index (χ1n) is 9.10. The van der Waals surface area contributed by atoms with E-state index in [1.807, 2.05) is 6.92 Å². The minimum Gasteiger partial charge on any atom is -0.322 e. The molecule has 2 fully saturated rings. The molecule has 1 saturated heterocycles. The van der Waals surface area contributed by atoms with Crippen molar-refractivity contribution in [3.05, 3.63) is 10.5 Å². The molecule has 4 amide bonds. The van der Waals surface area contributed by atoms with E-state index in [0.29, 0.717) is 30.5 Å². The average molecular weight is 396 g/mol. The summed E-state index contributed by atoms with van der Waals surface area (Å²) >= 11 is 1.07. The zero-order valence-electron chi connectivity index (χ0n) is 15.4. The molecule has 3 rings (SSSR count). The van der Waals surface area contributed by atoms with Gasteiger partial charge in [0.1, 0.15) is 5.54 Å². The zero-order chi connectivity index (χ0) is 19.6. The molecule has 2 aliphatic rings. The molecule has 11 heteroatoms. The second-order valence-corrected chi connectivity index (χ2v) is 8.06. The molecule has 3 N–H and O–H groups in total. The van der Waals surface area contributed by atoms with Crippen LogP contribution in [-0.2, 0) is 16.1 Å². The van der Waals surface area contributed by atoms with E-state index in [1.165, 1.54) is 4.57 Å². The first-order valence-corrected chi connectivity index (χ1v) is 10.1. The van der Waals surface area contributed by atoms with Crippen LogP contribution in [0.15, 0.2) is 9.95 Å². The Hall–Kier alpha value is -2.30. The van der Waals surface area contributed by atoms with Crippen LogP contribution in [0.2, 0.25) is 0 Å². The number of rotatable bonds is 6. The quantitative estimate of drug-likeness (QED) is 0.477. The lowest BCUT2D eigenvalue weighted by Gasteiger charge is -2.33. The largest absolute Gasteiger partial charge is 0.344 e. The molecule has 148 valence electrons. The Balaban J connectivity index is 1.59. The van der Waals surface area contributed by atoms with Crippen LogP contribution in [0.3, 0.4) is 0 Å². The number of hydrogen-bond acceptors (Lipinski definition) is 6. The number of nitrogens with zero attached hydrogens (tertiary/aromatic N) is 3. The van der Waals surface area contributed by atoms with Crippen molar-refractivity contribution in [2.75, 3.05) is 5.75 Å². The van der Waals surface area contributed by atoms with Crippen molar-refractivity contribution in [2.45, 2.75) is 63.2 Å². The number of aromatic amines is 1. The molecule has 0 atom stereocenters. The van der Waals surface area contributed by atoms with Crippen molar-refractivity contribution in [3.63, 3.8) is 0 Å². The van der Waals surface area contributed by atoms with E-state index in [0.717, 1.165) is 36.0 Å². The third-order valence-electron chi connectivity index (χ3n) is 5.03. The van der Waals surface area contributed by atoms with Crippen molar-refractivity contribution in [3.8, 4) is 0 Å². The first kappa shape index (κ1) is 19.5. The van der Waals surface area contributed by atoms with Crippen LogP contribution in [0, 0.1) is 5.92 Å². The molecule has 1 saturated carbocycles. The molecule has 1 aromatic rings. The standard InChI is InChI=1S/C16H24N6O4S/c1-3-8-21-14(26)18-19-15(21)27-9-11(23)20-22-12(24)16(17-13(22)25)6-4-10(2)5-7-16/h10H,3-9H2,1-2H3,(H,17,25)(H,18,26)(H,20,23). The zero-order valence-corrected chi connectivity index (χ0v) is 16.2. The number of carbonyl (C=O) groups is 3. The van der Waals surface area contributed by atoms with Crippen LogP contribution >= 0.6 is 11.8 Å². The van der Waals surface area contributed by atoms with E-state index in [1.54, 1.807) is 0 Å². The van der Waals surface area contributed by atoms with Gasteiger partial charge in [0.2, 0.25) is 5.91 Å². The number of thioether (sulfide) groups is 1. The van der Waals surface area contributed by atoms with E-state index >= 15 is 0 Å². The van der Waals surface area contributed by atoms with Gasteiger partial charge in [0, 0.05) is 6.54 Å². The normalized spacial score (nSPS) is 25.1. The van der Waals surface area contributed by atoms with Gasteiger partial charge in [0.05, 0.1) is 5.75 Å². The predicted molar refractivity (Wildman–Crippen MR) is 97.7 cm³/mol. The molecule has 0 bridgehead atoms. The lowest BCUT2D eigenvalue weighted by Crippen LogP contribution is -2.51. The van der Waals surface area contributed by atoms with E-state index in [-0.39, 0.29) is 11.4 Å². The highest BCUT2D eigenvalue weighted by Gasteiger charge is 2.52. The smallest absolute Gasteiger partial charge is 0.322 e. The third-order valence-corrected chi connectivity index (χ3v) is 6.01. The van der Waals surface area contributed by atoms with Gasteiger partial charge in [-0.15, -0.1) is 5.10 Å². The van der Waals surface area contributed by atoms with Crippen molar-refractivity contribution in [1.29, 1.82) is 0 Å². The number of amides is 4. The van der Waals surface area contributed by atoms with Crippen LogP contribution < -0.4 is 16.4 Å². The molecule has 27 heavy (non-hydrogen) atoms. The van der Waals surface area contributed by atoms with E-state index < -0.39 is 23.4 Å². The Morgan fingerprint density at radius 3 is 2.70 bits per heavy atom. The van der Waals surface area contributed by atoms with Crippen LogP contribution in [0.25, 0.3) is 0 Å². The Kier molecular flexibility index (Phi) is 5.59. The Labute approximate surface area is 160 Å². The SMILES string of the molecule is CCCn1c(SCC(=O)NN2C(=O)NC3(CCC(C)CC3)C2=O)n[nH]c1=O. The molecule has 0 radical (unpaired) electrons. The molecular formula is C16H24N6O4S. The maximum Gasteiger partial charge on any atom is 0.344 e. The molecule has 10 nitrogen and oxygen atoms in total. The molecule has 1 aliphatic carbocycles. The summed E-state index contributed by atoms with van der Waals surface area (Å²) in [7, 11) is 0. The van der Waals surface area contributed by atoms with Crippen molar-refractivity contribution in [1.82, 2.24) is 30.5 Å². The lowest BCUT2D eigenvalue weighted by atomic mass is 9.77. The Morgan fingerprint density at radius 2 is 2.04 bits per heavy atom. The topological polar surface area (TPSA) is 129 Å². The van der Waals surface area contributed by atoms with Gasteiger partial charge in [-0.3, -0.25) is 19.6 Å². The summed E-state index contributed by atoms with van der Waals surface area (Å²) in [5.41, 5.74) is 1.15. The molecule has 2 heterocycles. The van der Waals surface area contributed by atoms with Gasteiger partial charge in [0.15, 0.2) is 5.16 Å². The van der Waals surface area contributed by atoms with Gasteiger partial charge in [-0.25, -0.2) is 14.7 Å². The summed E-state index contributed by atoms with van der Waals surface area (Å²) < 4.78 is 1.45. The Morgan fingerprint density at radius 1 is 1.33 bits per heavy atom. The highest BCUT2D eigenvalue weighted by Crippen LogP contribution is 2.35. The molecule has 0 unspecified atom stereocenters. The number of aromatic nitrogens is 3. The molecule has 1 aliphatic heterocycles. The molecule has 0 aromatic carbocycles. The van der Waals surface area contributed by atoms with Gasteiger partial charge in [-0.2, -0.15) is 5.01 Å². The van der Waals surface area contributed by atoms with E-state index in [4.69, 9.17) is 0 Å². The fourth-order valence-corrected chi connectivity index (χ4v) is 4.20. The summed E-state index contributed by atoms with van der Waals surface area (Å²) in [4.78, 5) is 48.8. The van der Waals surface area contributed by atoms with E-state index in [2.05, 4.69) is 27.9 Å². The highest BCUT2D eigenvalue weighted by atomic mass is 32.2. The molecular weight excluding hydrogens is 372 g/mol. The van der Waals surface area contributed by atoms with Gasteiger partial charge in [-0.1, -0.05) is 25.6 Å². The number of hydrazine groups is 1. The lowest BCUT2D eigenvalue weighted by molar-refractivity contribution is -0.139. The summed E-state index contributed by atoms with van der Waals surface area (Å²) in [6.07, 6.45) is 3.63. The number of carbonyl (C=O) groups excluding carboxylic acids is 3. The average Bonchev–Trinajstić information content (AvgIpc) is 3.09. The van der Waals surface area contributed by atoms with Crippen LogP contribution in [0.1, 0.15) is 46.0 Å². The van der Waals surface area contributed by atoms with Gasteiger partial charge in [0.25, 0.3) is 5.91 Å².